The van der Waals surface area contributed by atoms with E-state index in [1.807, 2.05) is 0 Å². The molecular formula is C13H9BrN2O5S. The fourth-order valence-corrected chi connectivity index (χ4v) is 2.33. The highest BCUT2D eigenvalue weighted by Crippen LogP contribution is 2.27. The number of aliphatic carboxylic acids is 1. The summed E-state index contributed by atoms with van der Waals surface area (Å²) in [6, 6.07) is 4.71. The van der Waals surface area contributed by atoms with Gasteiger partial charge in [0.05, 0.1) is 4.47 Å². The number of halogens is 1. The van der Waals surface area contributed by atoms with Crippen molar-refractivity contribution in [1.82, 2.24) is 10.6 Å². The summed E-state index contributed by atoms with van der Waals surface area (Å²) in [5, 5.41) is 13.2. The van der Waals surface area contributed by atoms with E-state index in [0.717, 1.165) is 0 Å². The lowest BCUT2D eigenvalue weighted by Crippen LogP contribution is -2.51. The van der Waals surface area contributed by atoms with E-state index in [0.29, 0.717) is 15.8 Å². The van der Waals surface area contributed by atoms with Crippen molar-refractivity contribution in [2.24, 2.45) is 0 Å². The Hall–Kier alpha value is -2.26. The predicted octanol–water partition coefficient (Wildman–Crippen LogP) is 0.827. The summed E-state index contributed by atoms with van der Waals surface area (Å²) in [6.45, 7) is -0.471. The van der Waals surface area contributed by atoms with Crippen molar-refractivity contribution in [3.63, 3.8) is 0 Å². The first kappa shape index (κ1) is 16.1. The number of hydrogen-bond donors (Lipinski definition) is 3. The second-order valence-corrected chi connectivity index (χ2v) is 5.43. The summed E-state index contributed by atoms with van der Waals surface area (Å²) in [4.78, 5) is 33.9. The van der Waals surface area contributed by atoms with Crippen LogP contribution in [0.3, 0.4) is 0 Å². The van der Waals surface area contributed by atoms with Gasteiger partial charge in [-0.25, -0.2) is 4.79 Å². The van der Waals surface area contributed by atoms with E-state index in [1.54, 1.807) is 12.1 Å². The van der Waals surface area contributed by atoms with E-state index >= 15 is 0 Å². The second kappa shape index (κ2) is 6.67. The van der Waals surface area contributed by atoms with Gasteiger partial charge < -0.3 is 9.84 Å². The molecule has 1 aliphatic heterocycles. The molecule has 7 nitrogen and oxygen atoms in total. The highest BCUT2D eigenvalue weighted by atomic mass is 79.9. The highest BCUT2D eigenvalue weighted by Gasteiger charge is 2.25. The van der Waals surface area contributed by atoms with Gasteiger partial charge >= 0.3 is 5.97 Å². The largest absolute Gasteiger partial charge is 0.481 e. The number of nitrogens with one attached hydrogen (secondary N) is 2. The van der Waals surface area contributed by atoms with Gasteiger partial charge in [0.15, 0.2) is 11.7 Å². The van der Waals surface area contributed by atoms with Gasteiger partial charge in [-0.1, -0.05) is 6.07 Å². The third kappa shape index (κ3) is 3.89. The summed E-state index contributed by atoms with van der Waals surface area (Å²) >= 11 is 7.94. The van der Waals surface area contributed by atoms with E-state index < -0.39 is 24.4 Å². The molecule has 1 aromatic carbocycles. The molecule has 0 aromatic heterocycles. The summed E-state index contributed by atoms with van der Waals surface area (Å²) in [7, 11) is 0. The van der Waals surface area contributed by atoms with Gasteiger partial charge in [0.2, 0.25) is 0 Å². The molecule has 1 aromatic rings. The molecule has 2 rings (SSSR count). The van der Waals surface area contributed by atoms with E-state index in [4.69, 9.17) is 22.1 Å². The van der Waals surface area contributed by atoms with Crippen LogP contribution < -0.4 is 15.4 Å². The minimum atomic E-state index is -1.09. The zero-order valence-corrected chi connectivity index (χ0v) is 13.3. The monoisotopic (exact) mass is 384 g/mol. The van der Waals surface area contributed by atoms with Crippen LogP contribution >= 0.6 is 28.1 Å². The summed E-state index contributed by atoms with van der Waals surface area (Å²) < 4.78 is 5.55. The van der Waals surface area contributed by atoms with Crippen molar-refractivity contribution in [1.29, 1.82) is 0 Å². The Bertz CT molecular complexity index is 694. The number of carboxylic acids is 1. The van der Waals surface area contributed by atoms with Crippen LogP contribution in [-0.2, 0) is 14.4 Å². The smallest absolute Gasteiger partial charge is 0.341 e. The maximum atomic E-state index is 11.7. The number of thiocarbonyl (C=S) groups is 1. The topological polar surface area (TPSA) is 105 Å². The molecule has 0 aliphatic carbocycles. The first-order valence-corrected chi connectivity index (χ1v) is 7.09. The van der Waals surface area contributed by atoms with Crippen molar-refractivity contribution in [3.05, 3.63) is 33.8 Å². The molecule has 2 amide bonds. The summed E-state index contributed by atoms with van der Waals surface area (Å²) in [6.07, 6.45) is 1.39. The number of carbonyl (C=O) groups excluding carboxylic acids is 2. The van der Waals surface area contributed by atoms with Crippen molar-refractivity contribution < 1.29 is 24.2 Å². The number of rotatable bonds is 4. The summed E-state index contributed by atoms with van der Waals surface area (Å²) in [5.41, 5.74) is 0.474. The van der Waals surface area contributed by atoms with Crippen LogP contribution in [0, 0.1) is 0 Å². The minimum Gasteiger partial charge on any atom is -0.481 e. The molecule has 22 heavy (non-hydrogen) atoms. The van der Waals surface area contributed by atoms with Crippen LogP contribution in [0.2, 0.25) is 0 Å². The molecular weight excluding hydrogens is 376 g/mol. The molecule has 9 heteroatoms. The van der Waals surface area contributed by atoms with Gasteiger partial charge in [-0.2, -0.15) is 0 Å². The van der Waals surface area contributed by atoms with E-state index in [9.17, 15) is 14.4 Å². The van der Waals surface area contributed by atoms with Gasteiger partial charge in [-0.05, 0) is 51.9 Å². The molecule has 1 saturated heterocycles. The van der Waals surface area contributed by atoms with Crippen LogP contribution in [0.15, 0.2) is 28.2 Å². The van der Waals surface area contributed by atoms with Gasteiger partial charge in [-0.15, -0.1) is 0 Å². The Morgan fingerprint density at radius 3 is 2.50 bits per heavy atom. The van der Waals surface area contributed by atoms with Crippen molar-refractivity contribution in [2.45, 2.75) is 0 Å². The molecule has 0 bridgehead atoms. The van der Waals surface area contributed by atoms with E-state index in [-0.39, 0.29) is 10.7 Å². The van der Waals surface area contributed by atoms with Crippen LogP contribution in [-0.4, -0.2) is 34.6 Å². The van der Waals surface area contributed by atoms with Crippen LogP contribution in [0.1, 0.15) is 5.56 Å². The van der Waals surface area contributed by atoms with E-state index in [2.05, 4.69) is 26.6 Å². The van der Waals surface area contributed by atoms with Crippen LogP contribution in [0.5, 0.6) is 5.75 Å². The highest BCUT2D eigenvalue weighted by molar-refractivity contribution is 9.10. The Kier molecular flexibility index (Phi) is 4.88. The van der Waals surface area contributed by atoms with Crippen LogP contribution in [0.4, 0.5) is 0 Å². The van der Waals surface area contributed by atoms with Gasteiger partial charge in [0, 0.05) is 0 Å². The Labute approximate surface area is 138 Å². The first-order chi connectivity index (χ1) is 10.4. The minimum absolute atomic E-state index is 0.0363. The Balaban J connectivity index is 2.23. The molecule has 1 heterocycles. The normalized spacial score (nSPS) is 14.2. The zero-order valence-electron chi connectivity index (χ0n) is 10.9. The summed E-state index contributed by atoms with van der Waals surface area (Å²) in [5.74, 6) is -1.93. The quantitative estimate of drug-likeness (QED) is 0.403. The third-order valence-electron chi connectivity index (χ3n) is 2.56. The SMILES string of the molecule is O=C(O)COc1ccc(C=C2C(=O)NC(=S)NC2=O)cc1Br. The average Bonchev–Trinajstić information content (AvgIpc) is 2.41. The molecule has 3 N–H and O–H groups in total. The van der Waals surface area contributed by atoms with Gasteiger partial charge in [-0.3, -0.25) is 20.2 Å². The molecule has 0 unspecified atom stereocenters. The zero-order chi connectivity index (χ0) is 16.3. The first-order valence-electron chi connectivity index (χ1n) is 5.89. The Morgan fingerprint density at radius 1 is 1.32 bits per heavy atom. The molecule has 1 fully saturated rings. The fraction of sp³-hybridized carbons (Fsp3) is 0.0769. The molecule has 0 spiro atoms. The molecule has 0 atom stereocenters. The predicted molar refractivity (Wildman–Crippen MR) is 84.1 cm³/mol. The number of ether oxygens (including phenoxy) is 1. The number of amides is 2. The lowest BCUT2D eigenvalue weighted by Gasteiger charge is -2.16. The molecule has 1 aliphatic rings. The van der Waals surface area contributed by atoms with Crippen LogP contribution in [0.25, 0.3) is 6.08 Å². The standard InChI is InChI=1S/C13H9BrN2O5S/c14-8-4-6(1-2-9(8)21-5-10(17)18)3-7-11(19)15-13(22)16-12(7)20/h1-4H,5H2,(H,17,18)(H2,15,16,19,20,22). The fourth-order valence-electron chi connectivity index (χ4n) is 1.64. The number of carboxylic acid groups (broad SMARTS) is 1. The average molecular weight is 385 g/mol. The van der Waals surface area contributed by atoms with Crippen molar-refractivity contribution >= 4 is 57.1 Å². The maximum Gasteiger partial charge on any atom is 0.341 e. The number of carbonyl (C=O) groups is 3. The third-order valence-corrected chi connectivity index (χ3v) is 3.39. The van der Waals surface area contributed by atoms with Gasteiger partial charge in [0.1, 0.15) is 11.3 Å². The molecule has 114 valence electrons. The molecule has 0 radical (unpaired) electrons. The number of benzene rings is 1. The maximum absolute atomic E-state index is 11.7. The van der Waals surface area contributed by atoms with Gasteiger partial charge in [0.25, 0.3) is 11.8 Å². The Morgan fingerprint density at radius 2 is 1.95 bits per heavy atom. The van der Waals surface area contributed by atoms with Crippen molar-refractivity contribution in [3.8, 4) is 5.75 Å². The second-order valence-electron chi connectivity index (χ2n) is 4.17. The lowest BCUT2D eigenvalue weighted by molar-refractivity contribution is -0.139. The molecule has 0 saturated carbocycles. The lowest BCUT2D eigenvalue weighted by atomic mass is 10.1. The van der Waals surface area contributed by atoms with E-state index in [1.165, 1.54) is 12.1 Å². The van der Waals surface area contributed by atoms with Crippen molar-refractivity contribution in [2.75, 3.05) is 6.61 Å². The number of hydrogen-bond acceptors (Lipinski definition) is 5.